The van der Waals surface area contributed by atoms with Crippen molar-refractivity contribution in [1.82, 2.24) is 53.2 Å². The van der Waals surface area contributed by atoms with Crippen LogP contribution in [0.1, 0.15) is 0 Å². The molecular weight excluding hydrogens is 1930 g/mol. The van der Waals surface area contributed by atoms with Gasteiger partial charge in [-0.1, -0.05) is 285 Å². The average molecular weight is 2000 g/mol. The Kier molecular flexibility index (Phi) is 17.8. The normalized spacial score (nSPS) is 12.3. The zero-order valence-electron chi connectivity index (χ0n) is 77.1. The molecule has 0 atom stereocenters. The van der Waals surface area contributed by atoms with Gasteiger partial charge < -0.3 is 17.8 Å². The highest BCUT2D eigenvalue weighted by Gasteiger charge is 2.32. The maximum Gasteiger partial charge on any atom is 0.225 e. The number of pyridine rings is 1. The molecule has 147 heavy (non-hydrogen) atoms. The number of hydrogen-bond acceptors (Lipinski definition) is 13. The minimum atomic E-state index is 0.160. The molecule has 0 fully saturated rings. The summed E-state index contributed by atoms with van der Waals surface area (Å²) in [5.74, 6) is 1.89. The number of rotatable bonds is 6. The number of para-hydroxylation sites is 4. The molecule has 0 amide bonds. The van der Waals surface area contributed by atoms with Crippen LogP contribution >= 0.6 is 68.8 Å². The summed E-state index contributed by atoms with van der Waals surface area (Å²) in [6.45, 7) is 0. The van der Waals surface area contributed by atoms with Crippen molar-refractivity contribution in [2.24, 2.45) is 0 Å². The Morgan fingerprint density at radius 1 is 0.218 bits per heavy atom. The van der Waals surface area contributed by atoms with E-state index in [9.17, 15) is 0 Å². The molecule has 0 aliphatic heterocycles. The van der Waals surface area contributed by atoms with Crippen LogP contribution in [0.4, 0.5) is 0 Å². The maximum atomic E-state index is 6.97. The van der Waals surface area contributed by atoms with Gasteiger partial charge in [-0.3, -0.25) is 18.7 Å². The molecule has 0 saturated heterocycles. The third kappa shape index (κ3) is 12.1. The molecule has 0 bridgehead atoms. The van der Waals surface area contributed by atoms with Crippen molar-refractivity contribution in [2.45, 2.75) is 0 Å². The Balaban J connectivity index is 0.000000102. The Morgan fingerprint density at radius 3 is 1.18 bits per heavy atom. The first-order valence-electron chi connectivity index (χ1n) is 48.4. The van der Waals surface area contributed by atoms with Gasteiger partial charge in [0.05, 0.1) is 44.1 Å². The van der Waals surface area contributed by atoms with Crippen molar-refractivity contribution in [2.75, 3.05) is 0 Å². The molecule has 0 unspecified atom stereocenters. The molecular formula is C127H66Cl3N11O3S3. The van der Waals surface area contributed by atoms with E-state index in [2.05, 4.69) is 361 Å². The number of nitrogens with zero attached hydrogens (tertiary/aromatic N) is 11. The molecule has 0 aliphatic carbocycles. The van der Waals surface area contributed by atoms with Crippen LogP contribution in [-0.4, -0.2) is 53.2 Å². The van der Waals surface area contributed by atoms with Crippen molar-refractivity contribution in [3.8, 4) is 45.4 Å². The van der Waals surface area contributed by atoms with Gasteiger partial charge in [0.2, 0.25) is 15.9 Å². The van der Waals surface area contributed by atoms with E-state index in [1.54, 1.807) is 0 Å². The summed E-state index contributed by atoms with van der Waals surface area (Å²) in [5.41, 5.74) is 20.5. The Labute approximate surface area is 857 Å². The summed E-state index contributed by atoms with van der Waals surface area (Å²) in [4.78, 5) is 33.3. The van der Waals surface area contributed by atoms with Crippen LogP contribution in [0.3, 0.4) is 0 Å². The lowest BCUT2D eigenvalue weighted by molar-refractivity contribution is 0.662. The van der Waals surface area contributed by atoms with Gasteiger partial charge in [-0.15, -0.1) is 34.0 Å². The van der Waals surface area contributed by atoms with Crippen molar-refractivity contribution < 1.29 is 13.3 Å². The summed E-state index contributed by atoms with van der Waals surface area (Å²) in [5, 5.41) is 31.8. The molecule has 34 aromatic rings. The van der Waals surface area contributed by atoms with Gasteiger partial charge in [0.1, 0.15) is 33.3 Å². The van der Waals surface area contributed by atoms with E-state index in [0.29, 0.717) is 50.8 Å². The molecule has 34 rings (SSSR count). The SMILES string of the molecule is Clc1nc(-n2c3ccc(-c4ccc5c6cnccc6n(-c6ccc7ccccc7c6)c5c4)cc3c3c4sc5ccccc5c4c4ccccc4c32)c2oc3c4ccccc4ccc3c2n1.Clc1nc(-n2c3ccccc3c3c4sc5ccc(-c6ccccc6)cc5c4c4ccccc4c32)c2oc3ccccc3c2n1.Clc1nc(-n2c3ccccc3c3c4sc5ccccc5c4c4ccccc4c32)c2oc3ccccc3c2n1. The molecule has 20 aromatic carbocycles. The van der Waals surface area contributed by atoms with E-state index in [1.165, 1.54) is 120 Å². The zero-order chi connectivity index (χ0) is 96.4. The van der Waals surface area contributed by atoms with Crippen molar-refractivity contribution in [3.63, 3.8) is 0 Å². The minimum absolute atomic E-state index is 0.160. The van der Waals surface area contributed by atoms with Gasteiger partial charge in [0.25, 0.3) is 0 Å². The third-order valence-corrected chi connectivity index (χ3v) is 33.8. The smallest absolute Gasteiger partial charge is 0.225 e. The van der Waals surface area contributed by atoms with Gasteiger partial charge in [-0.2, -0.15) is 15.0 Å². The predicted molar refractivity (Wildman–Crippen MR) is 615 cm³/mol. The monoisotopic (exact) mass is 1990 g/mol. The lowest BCUT2D eigenvalue weighted by Crippen LogP contribution is -2.00. The Bertz CT molecular complexity index is 11800. The number of fused-ring (bicyclic) bond motifs is 45. The second-order valence-electron chi connectivity index (χ2n) is 37.5. The van der Waals surface area contributed by atoms with Crippen LogP contribution in [0.25, 0.3) is 313 Å². The van der Waals surface area contributed by atoms with Crippen LogP contribution < -0.4 is 0 Å². The number of thiophene rings is 3. The van der Waals surface area contributed by atoms with Gasteiger partial charge >= 0.3 is 0 Å². The summed E-state index contributed by atoms with van der Waals surface area (Å²) >= 11 is 25.8. The number of furan rings is 3. The molecule has 0 saturated carbocycles. The molecule has 0 radical (unpaired) electrons. The quantitative estimate of drug-likeness (QED) is 0.147. The first-order valence-corrected chi connectivity index (χ1v) is 52.0. The summed E-state index contributed by atoms with van der Waals surface area (Å²) < 4.78 is 36.5. The summed E-state index contributed by atoms with van der Waals surface area (Å²) in [7, 11) is 0. The fourth-order valence-corrected chi connectivity index (χ4v) is 27.9. The highest BCUT2D eigenvalue weighted by molar-refractivity contribution is 7.28. The molecule has 0 spiro atoms. The van der Waals surface area contributed by atoms with Gasteiger partial charge in [-0.25, -0.2) is 15.0 Å². The zero-order valence-corrected chi connectivity index (χ0v) is 81.8. The summed E-state index contributed by atoms with van der Waals surface area (Å²) in [6.07, 6.45) is 3.87. The number of halogens is 3. The third-order valence-electron chi connectivity index (χ3n) is 29.8. The number of benzene rings is 20. The standard InChI is InChI=1S/C57H30ClN5OS.C38H20ClN3OS.C32H16ClN3OS/c58-57-60-51-42-23-18-32-10-3-4-12-37(32)53(42)64-54(51)56(61-57)63-45-24-20-34(28-43(45)50-52(63)40-14-6-5-13-39(40)49-41-15-7-8-16-48(41)65-55(49)50)35-19-22-38-44-30-59-26-25-46(44)62(47(38)29-35)36-21-17-31-9-1-2-11-33(31)27-36;39-38-40-33-26-15-7-9-17-29(26)43-35(33)37(41-38)42-28-16-8-6-14-25(28)32-34(42)24-13-5-4-12-23(24)31-27-20-22(21-10-2-1-3-11-21)18-19-30(27)44-36(31)32;33-32-34-27-20-12-4-7-15-23(20)37-29(27)31(35-32)36-22-14-6-3-11-19(22)26-28(36)18-10-2-1-9-17(18)25-21-13-5-8-16-24(21)38-30(25)26/h1-30H;1-20H;1-16H. The molecule has 14 heterocycles. The first-order chi connectivity index (χ1) is 72.7. The van der Waals surface area contributed by atoms with Crippen molar-refractivity contribution in [1.29, 1.82) is 0 Å². The first kappa shape index (κ1) is 82.8. The molecule has 0 N–H and O–H groups in total. The topological polar surface area (TPSA) is 149 Å². The largest absolute Gasteiger partial charge is 0.450 e. The van der Waals surface area contributed by atoms with Crippen LogP contribution in [0, 0.1) is 0 Å². The van der Waals surface area contributed by atoms with Crippen LogP contribution in [-0.2, 0) is 0 Å². The van der Waals surface area contributed by atoms with E-state index in [4.69, 9.17) is 68.0 Å². The molecule has 0 aliphatic rings. The minimum Gasteiger partial charge on any atom is -0.450 e. The van der Waals surface area contributed by atoms with Crippen LogP contribution in [0.5, 0.6) is 0 Å². The molecule has 20 heteroatoms. The van der Waals surface area contributed by atoms with E-state index >= 15 is 0 Å². The van der Waals surface area contributed by atoms with E-state index < -0.39 is 0 Å². The van der Waals surface area contributed by atoms with E-state index in [1.807, 2.05) is 107 Å². The lowest BCUT2D eigenvalue weighted by Gasteiger charge is -2.11. The molecule has 14 aromatic heterocycles. The van der Waals surface area contributed by atoms with E-state index in [-0.39, 0.29) is 15.9 Å². The predicted octanol–water partition coefficient (Wildman–Crippen LogP) is 37.1. The fourth-order valence-electron chi connectivity index (χ4n) is 23.6. The second-order valence-corrected chi connectivity index (χ2v) is 41.7. The lowest BCUT2D eigenvalue weighted by atomic mass is 9.97. The second kappa shape index (κ2) is 31.6. The van der Waals surface area contributed by atoms with Gasteiger partial charge in [0, 0.05) is 159 Å². The number of aromatic nitrogens is 11. The van der Waals surface area contributed by atoms with Gasteiger partial charge in [-0.05, 0) is 193 Å². The summed E-state index contributed by atoms with van der Waals surface area (Å²) in [6, 6.07) is 137. The molecule has 686 valence electrons. The van der Waals surface area contributed by atoms with Crippen molar-refractivity contribution in [3.05, 3.63) is 416 Å². The average Bonchev–Trinajstić information content (AvgIpc) is 1.53. The highest BCUT2D eigenvalue weighted by Crippen LogP contribution is 2.55. The van der Waals surface area contributed by atoms with Gasteiger partial charge in [0.15, 0.2) is 34.2 Å². The maximum absolute atomic E-state index is 6.97. The highest BCUT2D eigenvalue weighted by atomic mass is 35.5. The fraction of sp³-hybridized carbons (Fsp3) is 0. The Morgan fingerprint density at radius 2 is 0.612 bits per heavy atom. The van der Waals surface area contributed by atoms with Crippen LogP contribution in [0.2, 0.25) is 15.9 Å². The van der Waals surface area contributed by atoms with E-state index in [0.717, 1.165) is 142 Å². The van der Waals surface area contributed by atoms with Crippen LogP contribution in [0.15, 0.2) is 414 Å². The Hall–Kier alpha value is -17.8. The molecule has 14 nitrogen and oxygen atoms in total. The number of hydrogen-bond donors (Lipinski definition) is 0. The van der Waals surface area contributed by atoms with Crippen molar-refractivity contribution >= 4 is 337 Å².